The average Bonchev–Trinajstić information content (AvgIpc) is 3.75. The lowest BCUT2D eigenvalue weighted by Gasteiger charge is -2.09. The fraction of sp³-hybridized carbons (Fsp3) is 0. The molecule has 4 aromatic rings. The molecule has 0 unspecified atom stereocenters. The van der Waals surface area contributed by atoms with Crippen molar-refractivity contribution in [2.45, 2.75) is 0 Å². The monoisotopic (exact) mass is 832 g/mol. The van der Waals surface area contributed by atoms with Crippen molar-refractivity contribution in [3.8, 4) is 80.5 Å². The predicted octanol–water partition coefficient (Wildman–Crippen LogP) is 0.540. The van der Waals surface area contributed by atoms with Gasteiger partial charge in [-0.25, -0.2) is 33.6 Å². The summed E-state index contributed by atoms with van der Waals surface area (Å²) >= 11 is 0. The number of aliphatic hydroxyl groups is 1. The first-order valence-corrected chi connectivity index (χ1v) is 14.8. The third-order valence-electron chi connectivity index (χ3n) is 7.50. The first-order valence-electron chi connectivity index (χ1n) is 14.8. The number of fused-ring (bicyclic) bond motifs is 3. The van der Waals surface area contributed by atoms with Crippen LogP contribution in [0.2, 0.25) is 0 Å². The van der Waals surface area contributed by atoms with Gasteiger partial charge in [0.15, 0.2) is 46.0 Å². The molecule has 308 valence electrons. The molecule has 7 rings (SSSR count). The molecule has 0 aromatic heterocycles. The zero-order valence-corrected chi connectivity index (χ0v) is 28.0. The number of phenolic OH excluding ortho intramolecular Hbond substituents is 14. The number of carboxylic acid groups (broad SMARTS) is 1. The van der Waals surface area contributed by atoms with Crippen molar-refractivity contribution in [3.05, 3.63) is 62.9 Å². The Bertz CT molecular complexity index is 2500. The molecule has 0 fully saturated rings. The maximum atomic E-state index is 11.0. The van der Waals surface area contributed by atoms with Crippen LogP contribution >= 0.6 is 0 Å². The summed E-state index contributed by atoms with van der Waals surface area (Å²) in [7, 11) is 0. The summed E-state index contributed by atoms with van der Waals surface area (Å²) in [6.45, 7) is 0. The van der Waals surface area contributed by atoms with E-state index in [2.05, 4.69) is 14.2 Å². The summed E-state index contributed by atoms with van der Waals surface area (Å²) in [5, 5.41) is 145. The first-order chi connectivity index (χ1) is 27.3. The lowest BCUT2D eigenvalue weighted by molar-refractivity contribution is -0.135. The van der Waals surface area contributed by atoms with Gasteiger partial charge in [-0.05, 0) is 18.2 Å². The highest BCUT2D eigenvalue weighted by Crippen LogP contribution is 2.52. The third-order valence-corrected chi connectivity index (χ3v) is 7.50. The second-order valence-corrected chi connectivity index (χ2v) is 11.1. The summed E-state index contributed by atoms with van der Waals surface area (Å²) < 4.78 is 12.5. The molecule has 3 aliphatic heterocycles. The van der Waals surface area contributed by atoms with Crippen LogP contribution in [0.25, 0.3) is 6.08 Å². The number of carboxylic acids is 1. The van der Waals surface area contributed by atoms with Gasteiger partial charge in [0.05, 0.1) is 22.3 Å². The van der Waals surface area contributed by atoms with E-state index in [4.69, 9.17) is 56.2 Å². The summed E-state index contributed by atoms with van der Waals surface area (Å²) in [6.07, 6.45) is 0.395. The fourth-order valence-corrected chi connectivity index (χ4v) is 4.63. The Morgan fingerprint density at radius 1 is 0.373 bits per heavy atom. The number of cyclic esters (lactones) is 6. The van der Waals surface area contributed by atoms with Crippen LogP contribution in [-0.2, 0) is 19.0 Å². The Morgan fingerprint density at radius 2 is 0.678 bits per heavy atom. The molecule has 59 heavy (non-hydrogen) atoms. The smallest absolute Gasteiger partial charge is 0.370 e. The molecular weight excluding hydrogens is 812 g/mol. The zero-order valence-electron chi connectivity index (χ0n) is 28.0. The van der Waals surface area contributed by atoms with Crippen molar-refractivity contribution in [1.82, 2.24) is 0 Å². The van der Waals surface area contributed by atoms with Gasteiger partial charge in [-0.15, -0.1) is 0 Å². The molecule has 3 heterocycles. The Hall–Kier alpha value is -9.49. The highest BCUT2D eigenvalue weighted by atomic mass is 16.6. The minimum absolute atomic E-state index is 0.0275. The van der Waals surface area contributed by atoms with Gasteiger partial charge in [0.25, 0.3) is 0 Å². The Kier molecular flexibility index (Phi) is 11.0. The summed E-state index contributed by atoms with van der Waals surface area (Å²) in [5.74, 6) is -22.2. The van der Waals surface area contributed by atoms with E-state index in [0.29, 0.717) is 6.08 Å². The molecule has 0 saturated heterocycles. The molecule has 0 aliphatic carbocycles. The standard InChI is InChI=1S/C9H8O8.C8H4O7.C8H4O6.C8H4O5/c10-3(9(16)17)1-2-4(11)6(13)8(15)7(14)5(2)12;9-3-1-2(8(14)15-7(1)13)4(10)6(12)5(3)11;9-3-1-2-4(6(11)5(3)10)8(13)14-7(2)12;9-5-1-3-4(2-6(5)10)8(12)13-7(3)11/h1,10-15H,(H,16,17);9-12H;1,9-11H;1-2,9-10H/b3-1-;;;. The Labute approximate surface area is 320 Å². The van der Waals surface area contributed by atoms with Crippen LogP contribution in [0.5, 0.6) is 80.5 Å². The highest BCUT2D eigenvalue weighted by molar-refractivity contribution is 6.19. The van der Waals surface area contributed by atoms with Gasteiger partial charge in [0.1, 0.15) is 16.7 Å². The quantitative estimate of drug-likeness (QED) is 0.0249. The lowest BCUT2D eigenvalue weighted by atomic mass is 10.1. The molecule has 26 nitrogen and oxygen atoms in total. The van der Waals surface area contributed by atoms with Gasteiger partial charge in [-0.1, -0.05) is 0 Å². The zero-order chi connectivity index (χ0) is 44.7. The number of esters is 6. The van der Waals surface area contributed by atoms with Crippen LogP contribution in [0, 0.1) is 0 Å². The topological polar surface area (TPSA) is 471 Å². The molecule has 4 aromatic carbocycles. The van der Waals surface area contributed by atoms with E-state index in [1.54, 1.807) is 0 Å². The van der Waals surface area contributed by atoms with Crippen molar-refractivity contribution in [3.63, 3.8) is 0 Å². The number of phenols is 14. The van der Waals surface area contributed by atoms with Gasteiger partial charge >= 0.3 is 41.8 Å². The van der Waals surface area contributed by atoms with E-state index in [9.17, 15) is 59.1 Å². The Balaban J connectivity index is 0.000000174. The molecular formula is C33H20O26. The minimum Gasteiger partial charge on any atom is -0.504 e. The molecule has 0 amide bonds. The molecule has 0 bridgehead atoms. The van der Waals surface area contributed by atoms with Crippen molar-refractivity contribution in [2.24, 2.45) is 0 Å². The van der Waals surface area contributed by atoms with Crippen LogP contribution in [-0.4, -0.2) is 123 Å². The van der Waals surface area contributed by atoms with E-state index < -0.39 is 150 Å². The second-order valence-electron chi connectivity index (χ2n) is 11.1. The van der Waals surface area contributed by atoms with Crippen LogP contribution in [0.15, 0.2) is 24.0 Å². The number of hydrogen-bond acceptors (Lipinski definition) is 25. The number of carbonyl (C=O) groups excluding carboxylic acids is 6. The predicted molar refractivity (Wildman–Crippen MR) is 177 cm³/mol. The van der Waals surface area contributed by atoms with Crippen molar-refractivity contribution >= 4 is 47.9 Å². The van der Waals surface area contributed by atoms with Crippen molar-refractivity contribution in [2.75, 3.05) is 0 Å². The normalized spacial score (nSPS) is 13.3. The van der Waals surface area contributed by atoms with Gasteiger partial charge in [-0.3, -0.25) is 0 Å². The maximum absolute atomic E-state index is 11.0. The van der Waals surface area contributed by atoms with E-state index in [0.717, 1.165) is 18.2 Å². The highest BCUT2D eigenvalue weighted by Gasteiger charge is 2.40. The van der Waals surface area contributed by atoms with Gasteiger partial charge in [0, 0.05) is 6.08 Å². The molecule has 16 N–H and O–H groups in total. The molecule has 0 atom stereocenters. The van der Waals surface area contributed by atoms with E-state index in [1.165, 1.54) is 0 Å². The number of aliphatic hydroxyl groups excluding tert-OH is 1. The molecule has 0 spiro atoms. The largest absolute Gasteiger partial charge is 0.504 e. The number of hydrogen-bond donors (Lipinski definition) is 16. The lowest BCUT2D eigenvalue weighted by Crippen LogP contribution is -1.98. The number of aromatic hydroxyl groups is 14. The van der Waals surface area contributed by atoms with Crippen LogP contribution in [0.3, 0.4) is 0 Å². The van der Waals surface area contributed by atoms with Gasteiger partial charge < -0.3 is 95.9 Å². The van der Waals surface area contributed by atoms with Crippen LogP contribution in [0.1, 0.15) is 67.7 Å². The number of aliphatic carboxylic acids is 1. The molecule has 26 heteroatoms. The number of benzene rings is 4. The van der Waals surface area contributed by atoms with Crippen LogP contribution < -0.4 is 0 Å². The number of rotatable bonds is 2. The van der Waals surface area contributed by atoms with Crippen molar-refractivity contribution in [1.29, 1.82) is 0 Å². The van der Waals surface area contributed by atoms with Crippen molar-refractivity contribution < 1.29 is 129 Å². The molecule has 0 radical (unpaired) electrons. The minimum atomic E-state index is -1.75. The summed E-state index contributed by atoms with van der Waals surface area (Å²) in [5.41, 5.74) is -2.81. The number of ether oxygens (including phenoxy) is 3. The molecule has 0 saturated carbocycles. The number of carbonyl (C=O) groups is 7. The summed E-state index contributed by atoms with van der Waals surface area (Å²) in [6, 6.07) is 2.85. The van der Waals surface area contributed by atoms with E-state index in [-0.39, 0.29) is 16.7 Å². The SMILES string of the molecule is O=C(O)/C(O)=C/c1c(O)c(O)c(O)c(O)c1O.O=C1OC(=O)c2c(O)c(O)c(O)c(O)c21.O=C1OC(=O)c2c1cc(O)c(O)c2O.O=C1OC(=O)c2cc(O)c(O)cc21. The molecule has 3 aliphatic rings. The van der Waals surface area contributed by atoms with E-state index in [1.807, 2.05) is 0 Å². The average molecular weight is 832 g/mol. The maximum Gasteiger partial charge on any atom is 0.370 e. The fourth-order valence-electron chi connectivity index (χ4n) is 4.63. The van der Waals surface area contributed by atoms with Crippen LogP contribution in [0.4, 0.5) is 0 Å². The second kappa shape index (κ2) is 15.3. The summed E-state index contributed by atoms with van der Waals surface area (Å²) in [4.78, 5) is 76.0. The van der Waals surface area contributed by atoms with Gasteiger partial charge in [-0.2, -0.15) is 0 Å². The Morgan fingerprint density at radius 3 is 1.10 bits per heavy atom. The van der Waals surface area contributed by atoms with E-state index >= 15 is 0 Å². The first kappa shape index (κ1) is 42.3. The van der Waals surface area contributed by atoms with Gasteiger partial charge in [0.2, 0.25) is 40.3 Å². The third kappa shape index (κ3) is 7.47.